The van der Waals surface area contributed by atoms with Gasteiger partial charge in [-0.2, -0.15) is 0 Å². The molecule has 0 radical (unpaired) electrons. The molecule has 6 nitrogen and oxygen atoms in total. The molecule has 1 aromatic carbocycles. The zero-order chi connectivity index (χ0) is 19.4. The second-order valence-corrected chi connectivity index (χ2v) is 7.43. The van der Waals surface area contributed by atoms with Crippen LogP contribution in [0.5, 0.6) is 0 Å². The van der Waals surface area contributed by atoms with Crippen molar-refractivity contribution in [3.8, 4) is 0 Å². The minimum Gasteiger partial charge on any atom is -0.376 e. The Hall–Kier alpha value is -1.70. The Bertz CT molecular complexity index is 641. The molecule has 2 heterocycles. The molecule has 0 spiro atoms. The van der Waals surface area contributed by atoms with Crippen molar-refractivity contribution in [2.24, 2.45) is 0 Å². The number of hydrogen-bond donors (Lipinski definition) is 1. The molecule has 1 amide bonds. The van der Waals surface area contributed by atoms with Gasteiger partial charge < -0.3 is 24.4 Å². The summed E-state index contributed by atoms with van der Waals surface area (Å²) in [7, 11) is 0. The molecular formula is C20H29FN2O4. The maximum atomic E-state index is 14.6. The molecule has 3 rings (SSSR count). The molecule has 2 saturated heterocycles. The van der Waals surface area contributed by atoms with Gasteiger partial charge in [-0.15, -0.1) is 0 Å². The summed E-state index contributed by atoms with van der Waals surface area (Å²) in [5.74, 6) is -0.657. The standard InChI is InChI=1S/C20H29FN2O4/c1-13-10-23(11-14(2)27-13)19-7-6-16(9-18(19)21)22-20(24)15(3)26-12-17-5-4-8-25-17/h6-7,9,13-15,17H,4-5,8,10-12H2,1-3H3,(H,22,24)/t13-,14+,15-,17+/m0/s1. The van der Waals surface area contributed by atoms with Crippen LogP contribution in [0.2, 0.25) is 0 Å². The number of amides is 1. The number of nitrogens with one attached hydrogen (secondary N) is 1. The zero-order valence-electron chi connectivity index (χ0n) is 16.2. The summed E-state index contributed by atoms with van der Waals surface area (Å²) in [6.07, 6.45) is 1.53. The first kappa shape index (κ1) is 20.0. The van der Waals surface area contributed by atoms with Crippen LogP contribution < -0.4 is 10.2 Å². The van der Waals surface area contributed by atoms with Gasteiger partial charge in [0.25, 0.3) is 5.91 Å². The van der Waals surface area contributed by atoms with Gasteiger partial charge in [0.1, 0.15) is 11.9 Å². The Morgan fingerprint density at radius 2 is 2.11 bits per heavy atom. The summed E-state index contributed by atoms with van der Waals surface area (Å²) < 4.78 is 31.4. The Morgan fingerprint density at radius 1 is 1.37 bits per heavy atom. The molecule has 0 unspecified atom stereocenters. The van der Waals surface area contributed by atoms with Gasteiger partial charge in [-0.1, -0.05) is 0 Å². The molecule has 4 atom stereocenters. The van der Waals surface area contributed by atoms with Gasteiger partial charge in [0.15, 0.2) is 0 Å². The lowest BCUT2D eigenvalue weighted by Crippen LogP contribution is -2.45. The molecule has 1 N–H and O–H groups in total. The summed E-state index contributed by atoms with van der Waals surface area (Å²) in [6.45, 7) is 8.07. The molecule has 0 aliphatic carbocycles. The molecule has 7 heteroatoms. The van der Waals surface area contributed by atoms with Crippen LogP contribution in [0, 0.1) is 5.82 Å². The number of morpholine rings is 1. The molecule has 150 valence electrons. The minimum atomic E-state index is -0.627. The van der Waals surface area contributed by atoms with E-state index in [-0.39, 0.29) is 30.0 Å². The van der Waals surface area contributed by atoms with Crippen LogP contribution in [-0.4, -0.2) is 56.6 Å². The smallest absolute Gasteiger partial charge is 0.253 e. The first-order valence-electron chi connectivity index (χ1n) is 9.66. The Kier molecular flexibility index (Phi) is 6.68. The average Bonchev–Trinajstić information content (AvgIpc) is 3.12. The molecule has 0 aromatic heterocycles. The summed E-state index contributed by atoms with van der Waals surface area (Å²) in [5.41, 5.74) is 0.945. The second-order valence-electron chi connectivity index (χ2n) is 7.43. The van der Waals surface area contributed by atoms with Crippen molar-refractivity contribution in [3.05, 3.63) is 24.0 Å². The zero-order valence-corrected chi connectivity index (χ0v) is 16.2. The lowest BCUT2D eigenvalue weighted by molar-refractivity contribution is -0.128. The maximum Gasteiger partial charge on any atom is 0.253 e. The number of hydrogen-bond acceptors (Lipinski definition) is 5. The fourth-order valence-electron chi connectivity index (χ4n) is 3.56. The molecule has 27 heavy (non-hydrogen) atoms. The van der Waals surface area contributed by atoms with Gasteiger partial charge in [-0.05, 0) is 51.8 Å². The number of carbonyl (C=O) groups is 1. The monoisotopic (exact) mass is 380 g/mol. The highest BCUT2D eigenvalue weighted by molar-refractivity contribution is 5.94. The molecule has 2 fully saturated rings. The summed E-state index contributed by atoms with van der Waals surface area (Å²) in [5, 5.41) is 2.72. The average molecular weight is 380 g/mol. The lowest BCUT2D eigenvalue weighted by Gasteiger charge is -2.37. The molecule has 0 bridgehead atoms. The predicted molar refractivity (Wildman–Crippen MR) is 102 cm³/mol. The van der Waals surface area contributed by atoms with Crippen molar-refractivity contribution in [3.63, 3.8) is 0 Å². The van der Waals surface area contributed by atoms with Crippen molar-refractivity contribution in [2.45, 2.75) is 58.0 Å². The van der Waals surface area contributed by atoms with Crippen molar-refractivity contribution in [1.82, 2.24) is 0 Å². The van der Waals surface area contributed by atoms with Gasteiger partial charge in [0.2, 0.25) is 0 Å². The largest absolute Gasteiger partial charge is 0.376 e. The SMILES string of the molecule is C[C@@H]1CN(c2ccc(NC(=O)[C@H](C)OC[C@H]3CCCO3)cc2F)C[C@H](C)O1. The Morgan fingerprint density at radius 3 is 2.74 bits per heavy atom. The third-order valence-electron chi connectivity index (χ3n) is 4.90. The van der Waals surface area contributed by atoms with E-state index in [0.717, 1.165) is 19.4 Å². The van der Waals surface area contributed by atoms with Gasteiger partial charge in [-0.25, -0.2) is 4.39 Å². The van der Waals surface area contributed by atoms with Gasteiger partial charge in [0, 0.05) is 25.4 Å². The van der Waals surface area contributed by atoms with Gasteiger partial charge >= 0.3 is 0 Å². The van der Waals surface area contributed by atoms with E-state index in [1.807, 2.05) is 18.7 Å². The third kappa shape index (κ3) is 5.40. The van der Waals surface area contributed by atoms with Crippen LogP contribution >= 0.6 is 0 Å². The normalized spacial score (nSPS) is 26.8. The number of nitrogens with zero attached hydrogens (tertiary/aromatic N) is 1. The van der Waals surface area contributed by atoms with Crippen LogP contribution in [0.3, 0.4) is 0 Å². The fourth-order valence-corrected chi connectivity index (χ4v) is 3.56. The third-order valence-corrected chi connectivity index (χ3v) is 4.90. The van der Waals surface area contributed by atoms with Crippen molar-refractivity contribution < 1.29 is 23.4 Å². The highest BCUT2D eigenvalue weighted by Crippen LogP contribution is 2.26. The molecule has 0 saturated carbocycles. The highest BCUT2D eigenvalue weighted by Gasteiger charge is 2.25. The van der Waals surface area contributed by atoms with E-state index in [1.54, 1.807) is 19.1 Å². The van der Waals surface area contributed by atoms with E-state index in [4.69, 9.17) is 14.2 Å². The number of ether oxygens (including phenoxy) is 3. The van der Waals surface area contributed by atoms with Crippen LogP contribution in [0.15, 0.2) is 18.2 Å². The first-order valence-corrected chi connectivity index (χ1v) is 9.66. The number of carbonyl (C=O) groups excluding carboxylic acids is 1. The number of rotatable bonds is 6. The highest BCUT2D eigenvalue weighted by atomic mass is 19.1. The van der Waals surface area contributed by atoms with Crippen LogP contribution in [0.25, 0.3) is 0 Å². The quantitative estimate of drug-likeness (QED) is 0.822. The fraction of sp³-hybridized carbons (Fsp3) is 0.650. The second kappa shape index (κ2) is 8.99. The van der Waals surface area contributed by atoms with E-state index in [2.05, 4.69) is 5.32 Å². The van der Waals surface area contributed by atoms with Gasteiger partial charge in [0.05, 0.1) is 30.6 Å². The summed E-state index contributed by atoms with van der Waals surface area (Å²) in [6, 6.07) is 4.77. The van der Waals surface area contributed by atoms with Crippen LogP contribution in [0.1, 0.15) is 33.6 Å². The molecule has 2 aliphatic rings. The predicted octanol–water partition coefficient (Wildman–Crippen LogP) is 2.96. The van der Waals surface area contributed by atoms with E-state index in [0.29, 0.717) is 31.1 Å². The van der Waals surface area contributed by atoms with Crippen molar-refractivity contribution in [2.75, 3.05) is 36.5 Å². The van der Waals surface area contributed by atoms with E-state index in [9.17, 15) is 9.18 Å². The van der Waals surface area contributed by atoms with E-state index in [1.165, 1.54) is 6.07 Å². The van der Waals surface area contributed by atoms with E-state index >= 15 is 0 Å². The molecule has 1 aromatic rings. The number of anilines is 2. The van der Waals surface area contributed by atoms with Crippen molar-refractivity contribution in [1.29, 1.82) is 0 Å². The lowest BCUT2D eigenvalue weighted by atomic mass is 10.1. The summed E-state index contributed by atoms with van der Waals surface area (Å²) in [4.78, 5) is 14.3. The number of halogens is 1. The van der Waals surface area contributed by atoms with Crippen LogP contribution in [-0.2, 0) is 19.0 Å². The van der Waals surface area contributed by atoms with Gasteiger partial charge in [-0.3, -0.25) is 4.79 Å². The molecular weight excluding hydrogens is 351 g/mol. The minimum absolute atomic E-state index is 0.0503. The molecule has 2 aliphatic heterocycles. The van der Waals surface area contributed by atoms with Crippen LogP contribution in [0.4, 0.5) is 15.8 Å². The number of benzene rings is 1. The summed E-state index contributed by atoms with van der Waals surface area (Å²) >= 11 is 0. The van der Waals surface area contributed by atoms with Crippen molar-refractivity contribution >= 4 is 17.3 Å². The maximum absolute atomic E-state index is 14.6. The Balaban J connectivity index is 1.55. The van der Waals surface area contributed by atoms with E-state index < -0.39 is 6.10 Å². The Labute approximate surface area is 160 Å². The topological polar surface area (TPSA) is 60.0 Å². The first-order chi connectivity index (χ1) is 12.9.